The average molecular weight is 214 g/mol. The summed E-state index contributed by atoms with van der Waals surface area (Å²) in [6.45, 7) is 4.40. The minimum atomic E-state index is -0.971. The number of hydrogen-bond acceptors (Lipinski definition) is 5. The Morgan fingerprint density at radius 2 is 1.87 bits per heavy atom. The highest BCUT2D eigenvalue weighted by molar-refractivity contribution is 6.46. The largest absolute Gasteiger partial charge is 0.480 e. The summed E-state index contributed by atoms with van der Waals surface area (Å²) in [5.41, 5.74) is 0. The molecule has 0 spiro atoms. The van der Waals surface area contributed by atoms with Gasteiger partial charge in [0.05, 0.1) is 0 Å². The van der Waals surface area contributed by atoms with Gasteiger partial charge in [0, 0.05) is 19.6 Å². The molecule has 0 aromatic heterocycles. The van der Waals surface area contributed by atoms with Crippen LogP contribution >= 0.6 is 0 Å². The van der Waals surface area contributed by atoms with E-state index in [4.69, 9.17) is 5.11 Å². The predicted molar refractivity (Wildman–Crippen MR) is 57.4 cm³/mol. The summed E-state index contributed by atoms with van der Waals surface area (Å²) in [6.07, 6.45) is 0. The molecule has 0 aromatic rings. The summed E-state index contributed by atoms with van der Waals surface area (Å²) in [6, 6.07) is -0.756. The molecule has 0 amide bonds. The molecule has 6 nitrogen and oxygen atoms in total. The Balaban J connectivity index is 2.69. The van der Waals surface area contributed by atoms with Crippen LogP contribution in [-0.2, 0) is 4.79 Å². The molecule has 1 aliphatic heterocycles. The van der Waals surface area contributed by atoms with E-state index in [1.807, 2.05) is 0 Å². The second-order valence-electron chi connectivity index (χ2n) is 3.85. The van der Waals surface area contributed by atoms with Gasteiger partial charge in [0.25, 0.3) is 0 Å². The fraction of sp³-hybridized carbons (Fsp3) is 0.857. The summed E-state index contributed by atoms with van der Waals surface area (Å²) in [4.78, 5) is 14.2. The van der Waals surface area contributed by atoms with Gasteiger partial charge in [0.1, 0.15) is 6.04 Å². The summed E-state index contributed by atoms with van der Waals surface area (Å²) in [7, 11) is -1.43. The van der Waals surface area contributed by atoms with Gasteiger partial charge in [0.15, 0.2) is 0 Å². The Bertz CT molecular complexity index is 239. The van der Waals surface area contributed by atoms with Gasteiger partial charge in [-0.15, -0.1) is 0 Å². The maximum absolute atomic E-state index is 11.0. The second kappa shape index (κ2) is 4.98. The van der Waals surface area contributed by atoms with E-state index in [1.54, 1.807) is 18.5 Å². The average Bonchev–Trinajstić information content (AvgIpc) is 2.16. The Morgan fingerprint density at radius 3 is 2.27 bits per heavy atom. The minimum Gasteiger partial charge on any atom is -0.480 e. The molecule has 1 rings (SSSR count). The van der Waals surface area contributed by atoms with Crippen LogP contribution in [0.4, 0.5) is 0 Å². The monoisotopic (exact) mass is 214 g/mol. The van der Waals surface area contributed by atoms with E-state index >= 15 is 0 Å². The molecule has 1 saturated heterocycles. The lowest BCUT2D eigenvalue weighted by Crippen LogP contribution is -2.62. The molecule has 1 aliphatic rings. The van der Waals surface area contributed by atoms with Crippen LogP contribution < -0.4 is 0 Å². The molecular weight excluding hydrogens is 198 g/mol. The normalized spacial score (nSPS) is 23.9. The molecule has 0 saturated carbocycles. The van der Waals surface area contributed by atoms with Crippen molar-refractivity contribution in [1.29, 1.82) is 0 Å². The fourth-order valence-corrected chi connectivity index (χ4v) is 1.82. The Labute approximate surface area is 89.7 Å². The molecule has 0 aliphatic carbocycles. The summed E-state index contributed by atoms with van der Waals surface area (Å²) in [5, 5.41) is 27.8. The van der Waals surface area contributed by atoms with E-state index in [-0.39, 0.29) is 6.54 Å². The van der Waals surface area contributed by atoms with Gasteiger partial charge in [-0.2, -0.15) is 0 Å². The van der Waals surface area contributed by atoms with E-state index < -0.39 is 26.1 Å². The molecule has 1 unspecified atom stereocenters. The number of piperazine rings is 1. The zero-order chi connectivity index (χ0) is 11.6. The first-order valence-electron chi connectivity index (χ1n) is 5.02. The quantitative estimate of drug-likeness (QED) is 0.484. The zero-order valence-corrected chi connectivity index (χ0v) is 9.00. The number of nitrogens with zero attached hydrogens (tertiary/aromatic N) is 2. The van der Waals surface area contributed by atoms with Crippen molar-refractivity contribution in [1.82, 2.24) is 9.62 Å². The lowest BCUT2D eigenvalue weighted by atomic mass is 9.78. The molecule has 0 aromatic carbocycles. The van der Waals surface area contributed by atoms with Gasteiger partial charge in [-0.1, -0.05) is 0 Å². The van der Waals surface area contributed by atoms with Crippen LogP contribution in [0.1, 0.15) is 0 Å². The van der Waals surface area contributed by atoms with Crippen LogP contribution in [0.15, 0.2) is 0 Å². The summed E-state index contributed by atoms with van der Waals surface area (Å²) >= 11 is 0. The highest BCUT2D eigenvalue weighted by Gasteiger charge is 2.37. The van der Waals surface area contributed by atoms with Crippen molar-refractivity contribution in [2.75, 3.05) is 19.6 Å². The molecule has 0 bridgehead atoms. The SMILES string of the molecule is CB(O)N1CCN(B(C)O)C(C(=O)O)C1. The van der Waals surface area contributed by atoms with E-state index in [1.165, 1.54) is 4.81 Å². The number of rotatable bonds is 3. The standard InChI is InChI=1S/C7H16B2N2O4/c1-8(14)10-3-4-11(9(2)15)6(5-10)7(12)13/h6,14-15H,3-5H2,1-2H3,(H,12,13). The Hall–Kier alpha value is -0.560. The predicted octanol–water partition coefficient (Wildman–Crippen LogP) is -1.72. The number of carboxylic acid groups (broad SMARTS) is 1. The van der Waals surface area contributed by atoms with E-state index in [2.05, 4.69) is 0 Å². The minimum absolute atomic E-state index is 0.234. The van der Waals surface area contributed by atoms with Crippen LogP contribution in [0, 0.1) is 0 Å². The first-order chi connectivity index (χ1) is 6.93. The molecule has 15 heavy (non-hydrogen) atoms. The number of carboxylic acids is 1. The van der Waals surface area contributed by atoms with E-state index in [0.29, 0.717) is 13.1 Å². The van der Waals surface area contributed by atoms with Gasteiger partial charge in [0.2, 0.25) is 0 Å². The van der Waals surface area contributed by atoms with Crippen molar-refractivity contribution in [3.8, 4) is 0 Å². The first-order valence-corrected chi connectivity index (χ1v) is 5.02. The molecule has 1 fully saturated rings. The molecule has 1 heterocycles. The Kier molecular flexibility index (Phi) is 4.15. The third kappa shape index (κ3) is 2.94. The van der Waals surface area contributed by atoms with Crippen LogP contribution in [0.3, 0.4) is 0 Å². The Morgan fingerprint density at radius 1 is 1.27 bits per heavy atom. The number of hydrogen-bond donors (Lipinski definition) is 3. The van der Waals surface area contributed by atoms with Gasteiger partial charge in [-0.05, 0) is 13.6 Å². The first kappa shape index (κ1) is 12.5. The van der Waals surface area contributed by atoms with Crippen LogP contribution in [0.2, 0.25) is 13.6 Å². The molecule has 84 valence electrons. The highest BCUT2D eigenvalue weighted by Crippen LogP contribution is 2.11. The maximum atomic E-state index is 11.0. The topological polar surface area (TPSA) is 84.2 Å². The molecule has 0 radical (unpaired) electrons. The molecule has 1 atom stereocenters. The maximum Gasteiger partial charge on any atom is 0.377 e. The summed E-state index contributed by atoms with van der Waals surface area (Å²) < 4.78 is 0. The van der Waals surface area contributed by atoms with Gasteiger partial charge in [-0.3, -0.25) is 4.79 Å². The smallest absolute Gasteiger partial charge is 0.377 e. The van der Waals surface area contributed by atoms with Gasteiger partial charge in [-0.25, -0.2) is 0 Å². The number of carbonyl (C=O) groups is 1. The second-order valence-corrected chi connectivity index (χ2v) is 3.85. The third-order valence-electron chi connectivity index (χ3n) is 2.75. The lowest BCUT2D eigenvalue weighted by molar-refractivity contribution is -0.143. The van der Waals surface area contributed by atoms with Crippen molar-refractivity contribution in [2.24, 2.45) is 0 Å². The zero-order valence-electron chi connectivity index (χ0n) is 9.00. The van der Waals surface area contributed by atoms with Crippen LogP contribution in [-0.4, -0.2) is 70.5 Å². The molecular formula is C7H16B2N2O4. The fourth-order valence-electron chi connectivity index (χ4n) is 1.82. The van der Waals surface area contributed by atoms with Crippen molar-refractivity contribution in [3.05, 3.63) is 0 Å². The van der Waals surface area contributed by atoms with Gasteiger partial charge >= 0.3 is 20.1 Å². The molecule has 8 heteroatoms. The molecule has 3 N–H and O–H groups in total. The van der Waals surface area contributed by atoms with Crippen molar-refractivity contribution in [2.45, 2.75) is 19.7 Å². The summed E-state index contributed by atoms with van der Waals surface area (Å²) in [5.74, 6) is -0.971. The van der Waals surface area contributed by atoms with E-state index in [0.717, 1.165) is 0 Å². The van der Waals surface area contributed by atoms with Crippen LogP contribution in [0.25, 0.3) is 0 Å². The highest BCUT2D eigenvalue weighted by atomic mass is 16.4. The van der Waals surface area contributed by atoms with Crippen molar-refractivity contribution >= 4 is 20.1 Å². The lowest BCUT2D eigenvalue weighted by Gasteiger charge is -2.40. The van der Waals surface area contributed by atoms with Crippen molar-refractivity contribution in [3.63, 3.8) is 0 Å². The van der Waals surface area contributed by atoms with Crippen LogP contribution in [0.5, 0.6) is 0 Å². The van der Waals surface area contributed by atoms with Crippen molar-refractivity contribution < 1.29 is 19.9 Å². The van der Waals surface area contributed by atoms with Gasteiger partial charge < -0.3 is 24.8 Å². The number of aliphatic carboxylic acids is 1. The third-order valence-corrected chi connectivity index (χ3v) is 2.75. The van der Waals surface area contributed by atoms with E-state index in [9.17, 15) is 14.8 Å².